The predicted molar refractivity (Wildman–Crippen MR) is 69.7 cm³/mol. The second-order valence-corrected chi connectivity index (χ2v) is 4.93. The molecule has 1 amide bonds. The van der Waals surface area contributed by atoms with E-state index in [9.17, 15) is 9.59 Å². The molecular weight excluding hydrogens is 228 g/mol. The second-order valence-electron chi connectivity index (χ2n) is 4.93. The molecule has 0 N–H and O–H groups in total. The van der Waals surface area contributed by atoms with E-state index in [4.69, 9.17) is 0 Å². The van der Waals surface area contributed by atoms with Gasteiger partial charge in [0.2, 0.25) is 5.91 Å². The van der Waals surface area contributed by atoms with Crippen LogP contribution in [-0.2, 0) is 11.3 Å². The molecule has 0 spiro atoms. The molecular formula is C14H20N2O2. The summed E-state index contributed by atoms with van der Waals surface area (Å²) in [6, 6.07) is 1.88. The zero-order valence-electron chi connectivity index (χ0n) is 11.1. The highest BCUT2D eigenvalue weighted by Gasteiger charge is 2.18. The number of carbonyl (C=O) groups is 2. The molecule has 18 heavy (non-hydrogen) atoms. The quantitative estimate of drug-likeness (QED) is 0.764. The topological polar surface area (TPSA) is 42.3 Å². The van der Waals surface area contributed by atoms with Crippen molar-refractivity contribution in [3.63, 3.8) is 0 Å². The maximum Gasteiger partial charge on any atom is 0.224 e. The molecule has 0 atom stereocenters. The molecule has 0 bridgehead atoms. The number of hydrogen-bond donors (Lipinski definition) is 0. The predicted octanol–water partition coefficient (Wildman–Crippen LogP) is 1.93. The fourth-order valence-electron chi connectivity index (χ4n) is 2.62. The van der Waals surface area contributed by atoms with Gasteiger partial charge in [0.1, 0.15) is 0 Å². The van der Waals surface area contributed by atoms with E-state index in [1.54, 1.807) is 0 Å². The van der Waals surface area contributed by atoms with Crippen molar-refractivity contribution in [3.8, 4) is 0 Å². The molecule has 4 heteroatoms. The number of amides is 1. The molecule has 0 radical (unpaired) electrons. The maximum atomic E-state index is 12.0. The monoisotopic (exact) mass is 248 g/mol. The maximum absolute atomic E-state index is 12.0. The number of aldehydes is 1. The molecule has 0 aliphatic carbocycles. The van der Waals surface area contributed by atoms with Gasteiger partial charge in [-0.3, -0.25) is 9.59 Å². The molecule has 1 fully saturated rings. The number of nitrogens with zero attached hydrogens (tertiary/aromatic N) is 2. The Kier molecular flexibility index (Phi) is 3.84. The summed E-state index contributed by atoms with van der Waals surface area (Å²) in [5, 5.41) is 0. The summed E-state index contributed by atoms with van der Waals surface area (Å²) in [6.07, 6.45) is 3.65. The van der Waals surface area contributed by atoms with Gasteiger partial charge in [-0.1, -0.05) is 0 Å². The van der Waals surface area contributed by atoms with Crippen molar-refractivity contribution >= 4 is 12.2 Å². The zero-order valence-corrected chi connectivity index (χ0v) is 11.1. The van der Waals surface area contributed by atoms with Gasteiger partial charge in [0.05, 0.1) is 0 Å². The van der Waals surface area contributed by atoms with Crippen LogP contribution in [0.15, 0.2) is 6.07 Å². The van der Waals surface area contributed by atoms with Crippen LogP contribution >= 0.6 is 0 Å². The van der Waals surface area contributed by atoms with Crippen molar-refractivity contribution in [3.05, 3.63) is 23.0 Å². The molecule has 4 nitrogen and oxygen atoms in total. The van der Waals surface area contributed by atoms with Crippen LogP contribution in [0.2, 0.25) is 0 Å². The highest BCUT2D eigenvalue weighted by atomic mass is 16.2. The standard InChI is InChI=1S/C14H20N2O2/c1-11-9-13(10-17)12(2)16(11)8-5-14(18)15-6-3-4-7-15/h9-10H,3-8H2,1-2H3. The summed E-state index contributed by atoms with van der Waals surface area (Å²) in [7, 11) is 0. The third-order valence-corrected chi connectivity index (χ3v) is 3.75. The van der Waals surface area contributed by atoms with Gasteiger partial charge in [0.25, 0.3) is 0 Å². The molecule has 98 valence electrons. The van der Waals surface area contributed by atoms with Crippen molar-refractivity contribution < 1.29 is 9.59 Å². The van der Waals surface area contributed by atoms with E-state index in [1.807, 2.05) is 24.8 Å². The molecule has 0 saturated carbocycles. The third-order valence-electron chi connectivity index (χ3n) is 3.75. The Bertz CT molecular complexity index is 457. The molecule has 1 aliphatic heterocycles. The highest BCUT2D eigenvalue weighted by Crippen LogP contribution is 2.15. The normalized spacial score (nSPS) is 15.1. The van der Waals surface area contributed by atoms with Crippen LogP contribution in [-0.4, -0.2) is 34.7 Å². The van der Waals surface area contributed by atoms with E-state index < -0.39 is 0 Å². The molecule has 2 rings (SSSR count). The third kappa shape index (κ3) is 2.47. The van der Waals surface area contributed by atoms with Crippen molar-refractivity contribution in [2.24, 2.45) is 0 Å². The van der Waals surface area contributed by atoms with Crippen LogP contribution in [0, 0.1) is 13.8 Å². The van der Waals surface area contributed by atoms with Gasteiger partial charge in [0.15, 0.2) is 6.29 Å². The van der Waals surface area contributed by atoms with Gasteiger partial charge in [-0.15, -0.1) is 0 Å². The Morgan fingerprint density at radius 2 is 2.00 bits per heavy atom. The van der Waals surface area contributed by atoms with Gasteiger partial charge in [0, 0.05) is 43.0 Å². The lowest BCUT2D eigenvalue weighted by atomic mass is 10.3. The van der Waals surface area contributed by atoms with E-state index in [2.05, 4.69) is 4.57 Å². The molecule has 1 aliphatic rings. The smallest absolute Gasteiger partial charge is 0.224 e. The van der Waals surface area contributed by atoms with Gasteiger partial charge >= 0.3 is 0 Å². The van der Waals surface area contributed by atoms with E-state index >= 15 is 0 Å². The Labute approximate surface area is 108 Å². The van der Waals surface area contributed by atoms with Crippen LogP contribution < -0.4 is 0 Å². The SMILES string of the molecule is Cc1cc(C=O)c(C)n1CCC(=O)N1CCCC1. The van der Waals surface area contributed by atoms with E-state index in [0.29, 0.717) is 13.0 Å². The molecule has 0 unspecified atom stereocenters. The first-order valence-corrected chi connectivity index (χ1v) is 6.53. The fraction of sp³-hybridized carbons (Fsp3) is 0.571. The summed E-state index contributed by atoms with van der Waals surface area (Å²) in [5.41, 5.74) is 2.72. The summed E-state index contributed by atoms with van der Waals surface area (Å²) in [5.74, 6) is 0.229. The highest BCUT2D eigenvalue weighted by molar-refractivity contribution is 5.78. The van der Waals surface area contributed by atoms with Crippen molar-refractivity contribution in [2.45, 2.75) is 39.7 Å². The number of aromatic nitrogens is 1. The summed E-state index contributed by atoms with van der Waals surface area (Å²) >= 11 is 0. The van der Waals surface area contributed by atoms with Crippen LogP contribution in [0.25, 0.3) is 0 Å². The van der Waals surface area contributed by atoms with Crippen LogP contribution in [0.5, 0.6) is 0 Å². The van der Waals surface area contributed by atoms with E-state index in [0.717, 1.165) is 49.2 Å². The molecule has 1 saturated heterocycles. The van der Waals surface area contributed by atoms with E-state index in [1.165, 1.54) is 0 Å². The number of likely N-dealkylation sites (tertiary alicyclic amines) is 1. The van der Waals surface area contributed by atoms with Crippen LogP contribution in [0.4, 0.5) is 0 Å². The number of aryl methyl sites for hydroxylation is 1. The molecule has 0 aromatic carbocycles. The lowest BCUT2D eigenvalue weighted by Crippen LogP contribution is -2.28. The minimum atomic E-state index is 0.229. The zero-order chi connectivity index (χ0) is 13.1. The fourth-order valence-corrected chi connectivity index (χ4v) is 2.62. The van der Waals surface area contributed by atoms with Crippen molar-refractivity contribution in [2.75, 3.05) is 13.1 Å². The van der Waals surface area contributed by atoms with Gasteiger partial charge in [-0.25, -0.2) is 0 Å². The first-order valence-electron chi connectivity index (χ1n) is 6.53. The molecule has 1 aromatic rings. The van der Waals surface area contributed by atoms with Gasteiger partial charge < -0.3 is 9.47 Å². The number of carbonyl (C=O) groups excluding carboxylic acids is 2. The lowest BCUT2D eigenvalue weighted by Gasteiger charge is -2.16. The van der Waals surface area contributed by atoms with Crippen molar-refractivity contribution in [1.82, 2.24) is 9.47 Å². The van der Waals surface area contributed by atoms with Crippen LogP contribution in [0.1, 0.15) is 41.0 Å². The number of rotatable bonds is 4. The average molecular weight is 248 g/mol. The minimum Gasteiger partial charge on any atom is -0.348 e. The summed E-state index contributed by atoms with van der Waals surface area (Å²) in [4.78, 5) is 24.8. The largest absolute Gasteiger partial charge is 0.348 e. The van der Waals surface area contributed by atoms with E-state index in [-0.39, 0.29) is 5.91 Å². The minimum absolute atomic E-state index is 0.229. The van der Waals surface area contributed by atoms with Gasteiger partial charge in [-0.05, 0) is 32.8 Å². The Morgan fingerprint density at radius 1 is 1.33 bits per heavy atom. The summed E-state index contributed by atoms with van der Waals surface area (Å²) in [6.45, 7) is 6.38. The molecule has 2 heterocycles. The van der Waals surface area contributed by atoms with Crippen LogP contribution in [0.3, 0.4) is 0 Å². The average Bonchev–Trinajstić information content (AvgIpc) is 2.96. The van der Waals surface area contributed by atoms with Gasteiger partial charge in [-0.2, -0.15) is 0 Å². The molecule has 1 aromatic heterocycles. The Morgan fingerprint density at radius 3 is 2.56 bits per heavy atom. The first kappa shape index (κ1) is 12.9. The lowest BCUT2D eigenvalue weighted by molar-refractivity contribution is -0.130. The Hall–Kier alpha value is -1.58. The Balaban J connectivity index is 1.99. The first-order chi connectivity index (χ1) is 8.63. The summed E-state index contributed by atoms with van der Waals surface area (Å²) < 4.78 is 2.05. The number of hydrogen-bond acceptors (Lipinski definition) is 2. The second kappa shape index (κ2) is 5.38. The van der Waals surface area contributed by atoms with Crippen molar-refractivity contribution in [1.29, 1.82) is 0 Å².